The highest BCUT2D eigenvalue weighted by Crippen LogP contribution is 2.19. The number of anilines is 1. The number of hydrogen-bond acceptors (Lipinski definition) is 4. The standard InChI is InChI=1S/C13H17N3O/c1-13(17)9-15-5-6-16(10-13)12-4-2-3-11(7-12)8-14/h2-4,7,15,17H,5-6,9-10H2,1H3. The molecule has 2 rings (SSSR count). The maximum Gasteiger partial charge on any atom is 0.0992 e. The summed E-state index contributed by atoms with van der Waals surface area (Å²) < 4.78 is 0. The second kappa shape index (κ2) is 4.74. The Morgan fingerprint density at radius 3 is 3.12 bits per heavy atom. The van der Waals surface area contributed by atoms with Crippen LogP contribution in [0.4, 0.5) is 5.69 Å². The molecule has 0 bridgehead atoms. The molecule has 4 heteroatoms. The number of β-amino-alcohol motifs (C(OH)–C–C–N with tert-alkyl or cyclic N) is 1. The van der Waals surface area contributed by atoms with Crippen molar-refractivity contribution in [2.45, 2.75) is 12.5 Å². The van der Waals surface area contributed by atoms with Crippen LogP contribution in [0, 0.1) is 11.3 Å². The van der Waals surface area contributed by atoms with Gasteiger partial charge in [0.2, 0.25) is 0 Å². The lowest BCUT2D eigenvalue weighted by Crippen LogP contribution is -2.43. The molecule has 0 aliphatic carbocycles. The molecule has 0 spiro atoms. The number of nitriles is 1. The fourth-order valence-corrected chi connectivity index (χ4v) is 2.11. The summed E-state index contributed by atoms with van der Waals surface area (Å²) in [7, 11) is 0. The second-order valence-electron chi connectivity index (χ2n) is 4.76. The molecule has 0 amide bonds. The summed E-state index contributed by atoms with van der Waals surface area (Å²) in [5.41, 5.74) is 0.909. The normalized spacial score (nSPS) is 25.1. The molecule has 1 aliphatic rings. The molecule has 90 valence electrons. The van der Waals surface area contributed by atoms with Gasteiger partial charge in [0.05, 0.1) is 17.2 Å². The zero-order chi connectivity index (χ0) is 12.3. The highest BCUT2D eigenvalue weighted by molar-refractivity contribution is 5.52. The monoisotopic (exact) mass is 231 g/mol. The summed E-state index contributed by atoms with van der Waals surface area (Å²) in [4.78, 5) is 2.11. The van der Waals surface area contributed by atoms with Gasteiger partial charge >= 0.3 is 0 Å². The molecule has 1 heterocycles. The number of benzene rings is 1. The molecule has 1 atom stereocenters. The van der Waals surface area contributed by atoms with E-state index in [1.54, 1.807) is 6.07 Å². The number of aliphatic hydroxyl groups is 1. The van der Waals surface area contributed by atoms with E-state index < -0.39 is 5.60 Å². The first-order valence-corrected chi connectivity index (χ1v) is 5.79. The van der Waals surface area contributed by atoms with E-state index in [-0.39, 0.29) is 0 Å². The average molecular weight is 231 g/mol. The Balaban J connectivity index is 2.23. The Morgan fingerprint density at radius 2 is 2.35 bits per heavy atom. The minimum Gasteiger partial charge on any atom is -0.387 e. The number of nitrogens with one attached hydrogen (secondary N) is 1. The van der Waals surface area contributed by atoms with Crippen LogP contribution in [-0.2, 0) is 0 Å². The summed E-state index contributed by atoms with van der Waals surface area (Å²) in [5.74, 6) is 0. The van der Waals surface area contributed by atoms with E-state index in [1.165, 1.54) is 0 Å². The van der Waals surface area contributed by atoms with Gasteiger partial charge in [0.1, 0.15) is 0 Å². The van der Waals surface area contributed by atoms with Crippen LogP contribution in [0.1, 0.15) is 12.5 Å². The first-order valence-electron chi connectivity index (χ1n) is 5.79. The molecule has 1 saturated heterocycles. The van der Waals surface area contributed by atoms with E-state index in [2.05, 4.69) is 16.3 Å². The third-order valence-corrected chi connectivity index (χ3v) is 2.94. The van der Waals surface area contributed by atoms with Crippen LogP contribution < -0.4 is 10.2 Å². The smallest absolute Gasteiger partial charge is 0.0992 e. The SMILES string of the molecule is CC1(O)CNCCN(c2cccc(C#N)c2)C1. The largest absolute Gasteiger partial charge is 0.387 e. The van der Waals surface area contributed by atoms with E-state index in [9.17, 15) is 5.11 Å². The highest BCUT2D eigenvalue weighted by Gasteiger charge is 2.26. The highest BCUT2D eigenvalue weighted by atomic mass is 16.3. The van der Waals surface area contributed by atoms with E-state index in [0.717, 1.165) is 18.8 Å². The van der Waals surface area contributed by atoms with Crippen molar-refractivity contribution in [2.24, 2.45) is 0 Å². The van der Waals surface area contributed by atoms with Crippen molar-refractivity contribution < 1.29 is 5.11 Å². The summed E-state index contributed by atoms with van der Waals surface area (Å²) in [6, 6.07) is 9.64. The Kier molecular flexibility index (Phi) is 3.32. The minimum absolute atomic E-state index is 0.578. The summed E-state index contributed by atoms with van der Waals surface area (Å²) in [6.07, 6.45) is 0. The zero-order valence-corrected chi connectivity index (χ0v) is 9.98. The molecular weight excluding hydrogens is 214 g/mol. The predicted octanol–water partition coefficient (Wildman–Crippen LogP) is 0.719. The van der Waals surface area contributed by atoms with Crippen molar-refractivity contribution in [1.29, 1.82) is 5.26 Å². The third kappa shape index (κ3) is 2.96. The minimum atomic E-state index is -0.737. The maximum atomic E-state index is 10.1. The molecule has 2 N–H and O–H groups in total. The van der Waals surface area contributed by atoms with Crippen LogP contribution in [0.15, 0.2) is 24.3 Å². The average Bonchev–Trinajstić information content (AvgIpc) is 2.50. The zero-order valence-electron chi connectivity index (χ0n) is 9.98. The fourth-order valence-electron chi connectivity index (χ4n) is 2.11. The lowest BCUT2D eigenvalue weighted by atomic mass is 10.1. The second-order valence-corrected chi connectivity index (χ2v) is 4.76. The van der Waals surface area contributed by atoms with Crippen molar-refractivity contribution in [1.82, 2.24) is 5.32 Å². The van der Waals surface area contributed by atoms with Gasteiger partial charge in [-0.1, -0.05) is 6.07 Å². The van der Waals surface area contributed by atoms with Crippen LogP contribution in [0.25, 0.3) is 0 Å². The third-order valence-electron chi connectivity index (χ3n) is 2.94. The Labute approximate surface area is 101 Å². The quantitative estimate of drug-likeness (QED) is 0.747. The molecule has 1 aliphatic heterocycles. The predicted molar refractivity (Wildman–Crippen MR) is 66.9 cm³/mol. The van der Waals surface area contributed by atoms with Gasteiger partial charge in [-0.3, -0.25) is 0 Å². The van der Waals surface area contributed by atoms with Gasteiger partial charge in [0.25, 0.3) is 0 Å². The van der Waals surface area contributed by atoms with Gasteiger partial charge in [-0.15, -0.1) is 0 Å². The van der Waals surface area contributed by atoms with Gasteiger partial charge in [-0.05, 0) is 25.1 Å². The van der Waals surface area contributed by atoms with Gasteiger partial charge in [0, 0.05) is 31.9 Å². The van der Waals surface area contributed by atoms with Gasteiger partial charge in [0.15, 0.2) is 0 Å². The van der Waals surface area contributed by atoms with Crippen LogP contribution >= 0.6 is 0 Å². The van der Waals surface area contributed by atoms with E-state index in [0.29, 0.717) is 18.7 Å². The van der Waals surface area contributed by atoms with Crippen molar-refractivity contribution in [3.8, 4) is 6.07 Å². The maximum absolute atomic E-state index is 10.1. The van der Waals surface area contributed by atoms with Crippen molar-refractivity contribution in [2.75, 3.05) is 31.1 Å². The molecule has 0 radical (unpaired) electrons. The van der Waals surface area contributed by atoms with Crippen molar-refractivity contribution in [3.05, 3.63) is 29.8 Å². The van der Waals surface area contributed by atoms with Crippen molar-refractivity contribution in [3.63, 3.8) is 0 Å². The molecule has 1 aromatic rings. The fraction of sp³-hybridized carbons (Fsp3) is 0.462. The lowest BCUT2D eigenvalue weighted by molar-refractivity contribution is 0.0729. The van der Waals surface area contributed by atoms with Crippen LogP contribution in [0.2, 0.25) is 0 Å². The van der Waals surface area contributed by atoms with E-state index in [4.69, 9.17) is 5.26 Å². The van der Waals surface area contributed by atoms with Gasteiger partial charge in [-0.25, -0.2) is 0 Å². The summed E-state index contributed by atoms with van der Waals surface area (Å²) in [5, 5.41) is 22.2. The molecule has 1 fully saturated rings. The van der Waals surface area contributed by atoms with Crippen molar-refractivity contribution >= 4 is 5.69 Å². The van der Waals surface area contributed by atoms with Crippen LogP contribution in [0.3, 0.4) is 0 Å². The lowest BCUT2D eigenvalue weighted by Gasteiger charge is -2.29. The summed E-state index contributed by atoms with van der Waals surface area (Å²) >= 11 is 0. The number of hydrogen-bond donors (Lipinski definition) is 2. The van der Waals surface area contributed by atoms with Gasteiger partial charge < -0.3 is 15.3 Å². The first-order chi connectivity index (χ1) is 8.11. The molecule has 1 unspecified atom stereocenters. The van der Waals surface area contributed by atoms with Crippen LogP contribution in [-0.4, -0.2) is 36.9 Å². The molecule has 17 heavy (non-hydrogen) atoms. The molecule has 1 aromatic carbocycles. The molecule has 4 nitrogen and oxygen atoms in total. The van der Waals surface area contributed by atoms with E-state index >= 15 is 0 Å². The van der Waals surface area contributed by atoms with E-state index in [1.807, 2.05) is 25.1 Å². The molecule has 0 aromatic heterocycles. The van der Waals surface area contributed by atoms with Crippen LogP contribution in [0.5, 0.6) is 0 Å². The Morgan fingerprint density at radius 1 is 1.53 bits per heavy atom. The molecular formula is C13H17N3O. The Bertz CT molecular complexity index is 437. The first kappa shape index (κ1) is 11.9. The number of nitrogens with zero attached hydrogens (tertiary/aromatic N) is 2. The Hall–Kier alpha value is -1.57. The molecule has 0 saturated carbocycles. The topological polar surface area (TPSA) is 59.3 Å². The number of rotatable bonds is 1. The van der Waals surface area contributed by atoms with Gasteiger partial charge in [-0.2, -0.15) is 5.26 Å². The summed E-state index contributed by atoms with van der Waals surface area (Å²) in [6.45, 7) is 4.68.